The minimum absolute atomic E-state index is 0.234. The summed E-state index contributed by atoms with van der Waals surface area (Å²) in [4.78, 5) is 17.1. The molecule has 2 unspecified atom stereocenters. The first kappa shape index (κ1) is 21.4. The number of aromatic nitrogens is 4. The summed E-state index contributed by atoms with van der Waals surface area (Å²) in [7, 11) is 3.53. The predicted octanol–water partition coefficient (Wildman–Crippen LogP) is 2.97. The lowest BCUT2D eigenvalue weighted by atomic mass is 10.1. The highest BCUT2D eigenvalue weighted by Crippen LogP contribution is 2.24. The maximum Gasteiger partial charge on any atom is 0.315 e. The molecule has 2 N–H and O–H groups in total. The highest BCUT2D eigenvalue weighted by molar-refractivity contribution is 5.74. The van der Waals surface area contributed by atoms with Gasteiger partial charge in [0.25, 0.3) is 0 Å². The van der Waals surface area contributed by atoms with Crippen LogP contribution in [0.25, 0.3) is 0 Å². The molecule has 8 nitrogen and oxygen atoms in total. The first-order valence-corrected chi connectivity index (χ1v) is 10.0. The highest BCUT2D eigenvalue weighted by Gasteiger charge is 2.21. The zero-order valence-corrected chi connectivity index (χ0v) is 18.2. The van der Waals surface area contributed by atoms with Gasteiger partial charge < -0.3 is 19.9 Å². The molecule has 0 aliphatic rings. The minimum atomic E-state index is -0.397. The maximum absolute atomic E-state index is 12.7. The van der Waals surface area contributed by atoms with Gasteiger partial charge in [0.1, 0.15) is 17.6 Å². The van der Waals surface area contributed by atoms with Crippen molar-refractivity contribution in [1.29, 1.82) is 0 Å². The fourth-order valence-electron chi connectivity index (χ4n) is 3.44. The molecule has 2 aromatic heterocycles. The van der Waals surface area contributed by atoms with Gasteiger partial charge in [-0.15, -0.1) is 0 Å². The van der Waals surface area contributed by atoms with E-state index in [0.29, 0.717) is 6.54 Å². The van der Waals surface area contributed by atoms with E-state index in [4.69, 9.17) is 4.74 Å². The second-order valence-corrected chi connectivity index (χ2v) is 7.67. The van der Waals surface area contributed by atoms with Gasteiger partial charge >= 0.3 is 6.03 Å². The third-order valence-electron chi connectivity index (χ3n) is 5.02. The molecule has 3 rings (SSSR count). The average molecular weight is 411 g/mol. The Kier molecular flexibility index (Phi) is 6.76. The topological polar surface area (TPSA) is 86.0 Å². The van der Waals surface area contributed by atoms with Gasteiger partial charge in [0.2, 0.25) is 0 Å². The summed E-state index contributed by atoms with van der Waals surface area (Å²) >= 11 is 0. The molecule has 2 heterocycles. The van der Waals surface area contributed by atoms with E-state index in [1.807, 2.05) is 60.6 Å². The molecule has 0 saturated heterocycles. The molecule has 0 spiro atoms. The normalized spacial score (nSPS) is 13.0. The second-order valence-electron chi connectivity index (χ2n) is 7.67. The molecule has 0 radical (unpaired) electrons. The Morgan fingerprint density at radius 1 is 1.27 bits per heavy atom. The molecule has 8 heteroatoms. The van der Waals surface area contributed by atoms with Gasteiger partial charge in [-0.25, -0.2) is 9.78 Å². The van der Waals surface area contributed by atoms with E-state index < -0.39 is 6.04 Å². The van der Waals surface area contributed by atoms with Crippen LogP contribution in [0, 0.1) is 19.8 Å². The van der Waals surface area contributed by atoms with Gasteiger partial charge in [-0.3, -0.25) is 4.68 Å². The summed E-state index contributed by atoms with van der Waals surface area (Å²) in [5.74, 6) is 1.71. The van der Waals surface area contributed by atoms with Crippen molar-refractivity contribution in [2.45, 2.75) is 33.4 Å². The third kappa shape index (κ3) is 5.20. The number of methoxy groups -OCH3 is 1. The van der Waals surface area contributed by atoms with Crippen LogP contribution in [-0.4, -0.2) is 39.0 Å². The number of carbonyl (C=O) groups excluding carboxylic acids is 1. The van der Waals surface area contributed by atoms with E-state index in [1.165, 1.54) is 0 Å². The Morgan fingerprint density at radius 2 is 2.07 bits per heavy atom. The largest absolute Gasteiger partial charge is 0.497 e. The van der Waals surface area contributed by atoms with Crippen molar-refractivity contribution in [2.75, 3.05) is 13.7 Å². The Hall–Kier alpha value is -3.29. The first-order chi connectivity index (χ1) is 14.4. The molecular formula is C22H30N6O2. The highest BCUT2D eigenvalue weighted by atomic mass is 16.5. The van der Waals surface area contributed by atoms with Crippen LogP contribution in [0.15, 0.2) is 42.7 Å². The summed E-state index contributed by atoms with van der Waals surface area (Å²) in [6.07, 6.45) is 3.58. The van der Waals surface area contributed by atoms with Gasteiger partial charge in [-0.05, 0) is 43.5 Å². The molecular weight excluding hydrogens is 380 g/mol. The molecule has 0 bridgehead atoms. The van der Waals surface area contributed by atoms with Crippen LogP contribution in [0.3, 0.4) is 0 Å². The van der Waals surface area contributed by atoms with Crippen molar-refractivity contribution in [3.05, 3.63) is 65.5 Å². The van der Waals surface area contributed by atoms with Crippen LogP contribution in [0.2, 0.25) is 0 Å². The van der Waals surface area contributed by atoms with Crippen LogP contribution >= 0.6 is 0 Å². The number of hydrogen-bond donors (Lipinski definition) is 2. The SMILES string of the molecule is COc1cccc(C(NC(=O)NCC(C)Cn2nc(C)cc2C)c2nccn2C)c1. The number of urea groups is 1. The van der Waals surface area contributed by atoms with E-state index in [0.717, 1.165) is 35.1 Å². The summed E-state index contributed by atoms with van der Waals surface area (Å²) in [6, 6.07) is 9.05. The first-order valence-electron chi connectivity index (χ1n) is 10.0. The van der Waals surface area contributed by atoms with E-state index >= 15 is 0 Å². The van der Waals surface area contributed by atoms with Crippen molar-refractivity contribution < 1.29 is 9.53 Å². The molecule has 3 aromatic rings. The number of hydrogen-bond acceptors (Lipinski definition) is 4. The number of amides is 2. The standard InChI is InChI=1S/C22H30N6O2/c1-15(14-28-17(3)11-16(2)26-28)13-24-22(29)25-20(21-23-9-10-27(21)4)18-7-6-8-19(12-18)30-5/h6-12,15,20H,13-14H2,1-5H3,(H2,24,25,29). The molecule has 0 aliphatic heterocycles. The van der Waals surface area contributed by atoms with Crippen LogP contribution in [-0.2, 0) is 13.6 Å². The number of nitrogens with zero attached hydrogens (tertiary/aromatic N) is 4. The van der Waals surface area contributed by atoms with Crippen molar-refractivity contribution >= 4 is 6.03 Å². The number of nitrogens with one attached hydrogen (secondary N) is 2. The number of aryl methyl sites for hydroxylation is 3. The van der Waals surface area contributed by atoms with E-state index in [2.05, 4.69) is 33.7 Å². The van der Waals surface area contributed by atoms with Gasteiger partial charge in [0.05, 0.1) is 12.8 Å². The zero-order valence-electron chi connectivity index (χ0n) is 18.2. The quantitative estimate of drug-likeness (QED) is 0.598. The monoisotopic (exact) mass is 410 g/mol. The smallest absolute Gasteiger partial charge is 0.315 e. The van der Waals surface area contributed by atoms with Gasteiger partial charge in [-0.1, -0.05) is 19.1 Å². The van der Waals surface area contributed by atoms with E-state index in [-0.39, 0.29) is 11.9 Å². The van der Waals surface area contributed by atoms with Crippen molar-refractivity contribution in [3.8, 4) is 5.75 Å². The number of ether oxygens (including phenoxy) is 1. The van der Waals surface area contributed by atoms with Crippen molar-refractivity contribution in [3.63, 3.8) is 0 Å². The maximum atomic E-state index is 12.7. The summed E-state index contributed by atoms with van der Waals surface area (Å²) in [5.41, 5.74) is 3.02. The summed E-state index contributed by atoms with van der Waals surface area (Å²) in [5, 5.41) is 10.5. The lowest BCUT2D eigenvalue weighted by Gasteiger charge is -2.21. The fraction of sp³-hybridized carbons (Fsp3) is 0.409. The number of benzene rings is 1. The molecule has 2 amide bonds. The van der Waals surface area contributed by atoms with Gasteiger partial charge in [0.15, 0.2) is 0 Å². The van der Waals surface area contributed by atoms with Crippen LogP contribution in [0.4, 0.5) is 4.79 Å². The van der Waals surface area contributed by atoms with E-state index in [9.17, 15) is 4.79 Å². The molecule has 0 aliphatic carbocycles. The van der Waals surface area contributed by atoms with Gasteiger partial charge in [-0.2, -0.15) is 5.10 Å². The molecule has 0 fully saturated rings. The van der Waals surface area contributed by atoms with Crippen LogP contribution in [0.1, 0.15) is 35.7 Å². The van der Waals surface area contributed by atoms with Crippen molar-refractivity contribution in [1.82, 2.24) is 30.0 Å². The Balaban J connectivity index is 1.66. The second kappa shape index (κ2) is 9.47. The Labute approximate surface area is 177 Å². The third-order valence-corrected chi connectivity index (χ3v) is 5.02. The van der Waals surface area contributed by atoms with Crippen molar-refractivity contribution in [2.24, 2.45) is 13.0 Å². The number of rotatable bonds is 8. The molecule has 30 heavy (non-hydrogen) atoms. The summed E-state index contributed by atoms with van der Waals surface area (Å²) in [6.45, 7) is 7.40. The average Bonchev–Trinajstić information content (AvgIpc) is 3.28. The van der Waals surface area contributed by atoms with E-state index in [1.54, 1.807) is 13.3 Å². The molecule has 1 aromatic carbocycles. The minimum Gasteiger partial charge on any atom is -0.497 e. The Bertz CT molecular complexity index is 993. The fourth-order valence-corrected chi connectivity index (χ4v) is 3.44. The lowest BCUT2D eigenvalue weighted by molar-refractivity contribution is 0.235. The Morgan fingerprint density at radius 3 is 2.70 bits per heavy atom. The summed E-state index contributed by atoms with van der Waals surface area (Å²) < 4.78 is 9.22. The van der Waals surface area contributed by atoms with Crippen LogP contribution in [0.5, 0.6) is 5.75 Å². The predicted molar refractivity (Wildman–Crippen MR) is 115 cm³/mol. The molecule has 2 atom stereocenters. The van der Waals surface area contributed by atoms with Crippen LogP contribution < -0.4 is 15.4 Å². The lowest BCUT2D eigenvalue weighted by Crippen LogP contribution is -2.41. The molecule has 0 saturated carbocycles. The number of imidazole rings is 1. The molecule has 160 valence electrons. The zero-order chi connectivity index (χ0) is 21.7. The van der Waals surface area contributed by atoms with Gasteiger partial charge in [0, 0.05) is 38.2 Å². The number of carbonyl (C=O) groups is 1.